The second-order valence-corrected chi connectivity index (χ2v) is 5.87. The lowest BCUT2D eigenvalue weighted by atomic mass is 9.94. The van der Waals surface area contributed by atoms with Crippen molar-refractivity contribution in [1.29, 1.82) is 0 Å². The van der Waals surface area contributed by atoms with Crippen LogP contribution in [0.1, 0.15) is 26.5 Å². The van der Waals surface area contributed by atoms with Crippen molar-refractivity contribution >= 4 is 12.1 Å². The highest BCUT2D eigenvalue weighted by Crippen LogP contribution is 2.40. The summed E-state index contributed by atoms with van der Waals surface area (Å²) in [5.41, 5.74) is -4.91. The lowest BCUT2D eigenvalue weighted by Gasteiger charge is -2.34. The fraction of sp³-hybridized carbons (Fsp3) is 0.571. The predicted octanol–water partition coefficient (Wildman–Crippen LogP) is 2.48. The lowest BCUT2D eigenvalue weighted by molar-refractivity contribution is -0.215. The van der Waals surface area contributed by atoms with Crippen molar-refractivity contribution in [3.8, 4) is 0 Å². The topological polar surface area (TPSA) is 69.6 Å². The summed E-state index contributed by atoms with van der Waals surface area (Å²) in [7, 11) is 2.12. The Morgan fingerprint density at radius 1 is 1.22 bits per heavy atom. The van der Waals surface area contributed by atoms with Crippen molar-refractivity contribution < 1.29 is 32.2 Å². The zero-order valence-corrected chi connectivity index (χ0v) is 13.4. The number of amides is 1. The average molecular weight is 336 g/mol. The predicted molar refractivity (Wildman–Crippen MR) is 74.5 cm³/mol. The van der Waals surface area contributed by atoms with E-state index in [1.807, 2.05) is 0 Å². The maximum absolute atomic E-state index is 13.8. The SMILES string of the molecule is COC(=O)C(NC(=O)OC(C)(C)C)(c1cccn1C)C(F)(F)F. The van der Waals surface area contributed by atoms with Crippen LogP contribution in [-0.2, 0) is 26.9 Å². The molecule has 0 aromatic carbocycles. The number of ether oxygens (including phenoxy) is 2. The number of carbonyl (C=O) groups is 2. The van der Waals surface area contributed by atoms with Gasteiger partial charge >= 0.3 is 18.2 Å². The van der Waals surface area contributed by atoms with Gasteiger partial charge in [-0.25, -0.2) is 9.59 Å². The van der Waals surface area contributed by atoms with Gasteiger partial charge in [-0.05, 0) is 32.9 Å². The Labute approximate surface area is 131 Å². The van der Waals surface area contributed by atoms with Gasteiger partial charge < -0.3 is 14.0 Å². The third-order valence-electron chi connectivity index (χ3n) is 2.93. The number of methoxy groups -OCH3 is 1. The van der Waals surface area contributed by atoms with Crippen molar-refractivity contribution in [3.63, 3.8) is 0 Å². The summed E-state index contributed by atoms with van der Waals surface area (Å²) in [5.74, 6) is -1.67. The Bertz CT molecular complexity index is 590. The molecule has 0 spiro atoms. The maximum Gasteiger partial charge on any atom is 0.428 e. The fourth-order valence-corrected chi connectivity index (χ4v) is 2.01. The van der Waals surface area contributed by atoms with Gasteiger partial charge in [0.25, 0.3) is 5.54 Å². The first-order chi connectivity index (χ1) is 10.3. The third kappa shape index (κ3) is 3.77. The molecule has 0 aliphatic heterocycles. The molecule has 0 bridgehead atoms. The summed E-state index contributed by atoms with van der Waals surface area (Å²) in [6.45, 7) is 4.47. The number of aryl methyl sites for hydroxylation is 1. The number of nitrogens with one attached hydrogen (secondary N) is 1. The second-order valence-electron chi connectivity index (χ2n) is 5.87. The number of alkyl halides is 3. The smallest absolute Gasteiger partial charge is 0.428 e. The van der Waals surface area contributed by atoms with Gasteiger partial charge in [-0.15, -0.1) is 0 Å². The number of nitrogens with zero attached hydrogens (tertiary/aromatic N) is 1. The van der Waals surface area contributed by atoms with Crippen LogP contribution in [0.3, 0.4) is 0 Å². The van der Waals surface area contributed by atoms with Gasteiger partial charge in [-0.3, -0.25) is 5.32 Å². The minimum absolute atomic E-state index is 0.497. The van der Waals surface area contributed by atoms with E-state index in [0.29, 0.717) is 0 Å². The molecule has 1 unspecified atom stereocenters. The molecular weight excluding hydrogens is 317 g/mol. The minimum atomic E-state index is -5.15. The molecule has 23 heavy (non-hydrogen) atoms. The molecule has 0 radical (unpaired) electrons. The highest BCUT2D eigenvalue weighted by Gasteiger charge is 2.65. The van der Waals surface area contributed by atoms with E-state index < -0.39 is 35.1 Å². The van der Waals surface area contributed by atoms with E-state index in [2.05, 4.69) is 4.74 Å². The van der Waals surface area contributed by atoms with Crippen molar-refractivity contribution in [2.45, 2.75) is 38.1 Å². The molecule has 9 heteroatoms. The summed E-state index contributed by atoms with van der Waals surface area (Å²) in [4.78, 5) is 23.9. The molecule has 0 fully saturated rings. The molecule has 6 nitrogen and oxygen atoms in total. The Balaban J connectivity index is 3.44. The largest absolute Gasteiger partial charge is 0.467 e. The molecule has 0 aliphatic rings. The van der Waals surface area contributed by atoms with Gasteiger partial charge in [-0.1, -0.05) is 0 Å². The first-order valence-electron chi connectivity index (χ1n) is 6.63. The standard InChI is InChI=1S/C14H19F3N2O4/c1-12(2,3)23-11(21)18-13(10(20)22-5,14(15,16)17)9-7-6-8-19(9)4/h6-8H,1-5H3,(H,18,21). The van der Waals surface area contributed by atoms with Crippen molar-refractivity contribution in [3.05, 3.63) is 24.0 Å². The Kier molecular flexibility index (Phi) is 5.03. The maximum atomic E-state index is 13.8. The van der Waals surface area contributed by atoms with E-state index in [-0.39, 0.29) is 0 Å². The molecule has 1 aromatic rings. The van der Waals surface area contributed by atoms with Crippen LogP contribution in [0, 0.1) is 0 Å². The van der Waals surface area contributed by atoms with Crippen LogP contribution >= 0.6 is 0 Å². The Hall–Kier alpha value is -2.19. The number of esters is 1. The zero-order chi connectivity index (χ0) is 18.1. The molecular formula is C14H19F3N2O4. The van der Waals surface area contributed by atoms with E-state index in [0.717, 1.165) is 17.7 Å². The molecule has 1 heterocycles. The zero-order valence-electron chi connectivity index (χ0n) is 13.4. The van der Waals surface area contributed by atoms with Gasteiger partial charge in [-0.2, -0.15) is 13.2 Å². The van der Waals surface area contributed by atoms with Gasteiger partial charge in [0.2, 0.25) is 0 Å². The highest BCUT2D eigenvalue weighted by molar-refractivity contribution is 5.88. The van der Waals surface area contributed by atoms with Crippen molar-refractivity contribution in [2.75, 3.05) is 7.11 Å². The highest BCUT2D eigenvalue weighted by atomic mass is 19.4. The van der Waals surface area contributed by atoms with Crippen LogP contribution < -0.4 is 5.32 Å². The van der Waals surface area contributed by atoms with Crippen LogP contribution in [-0.4, -0.2) is 35.5 Å². The van der Waals surface area contributed by atoms with Gasteiger partial charge in [0.1, 0.15) is 5.60 Å². The summed E-state index contributed by atoms with van der Waals surface area (Å²) in [6.07, 6.45) is -5.22. The number of hydrogen-bond acceptors (Lipinski definition) is 4. The number of halogens is 3. The van der Waals surface area contributed by atoms with E-state index in [9.17, 15) is 22.8 Å². The molecule has 0 saturated carbocycles. The van der Waals surface area contributed by atoms with Gasteiger partial charge in [0.05, 0.1) is 12.8 Å². The number of rotatable bonds is 3. The second kappa shape index (κ2) is 6.13. The Morgan fingerprint density at radius 3 is 2.13 bits per heavy atom. The molecule has 1 atom stereocenters. The summed E-state index contributed by atoms with van der Waals surface area (Å²) in [6, 6.07) is 2.39. The molecule has 1 rings (SSSR count). The van der Waals surface area contributed by atoms with E-state index in [1.54, 1.807) is 5.32 Å². The monoisotopic (exact) mass is 336 g/mol. The van der Waals surface area contributed by atoms with Crippen LogP contribution in [0.4, 0.5) is 18.0 Å². The van der Waals surface area contributed by atoms with E-state index in [1.165, 1.54) is 40.1 Å². The van der Waals surface area contributed by atoms with Gasteiger partial charge in [0.15, 0.2) is 0 Å². The summed E-state index contributed by atoms with van der Waals surface area (Å²) < 4.78 is 51.5. The molecule has 0 saturated heterocycles. The van der Waals surface area contributed by atoms with Crippen molar-refractivity contribution in [1.82, 2.24) is 9.88 Å². The fourth-order valence-electron chi connectivity index (χ4n) is 2.01. The summed E-state index contributed by atoms with van der Waals surface area (Å²) >= 11 is 0. The van der Waals surface area contributed by atoms with Gasteiger partial charge in [0, 0.05) is 13.2 Å². The lowest BCUT2D eigenvalue weighted by Crippen LogP contribution is -2.63. The minimum Gasteiger partial charge on any atom is -0.467 e. The molecule has 0 aliphatic carbocycles. The summed E-state index contributed by atoms with van der Waals surface area (Å²) in [5, 5.41) is 1.64. The van der Waals surface area contributed by atoms with Crippen molar-refractivity contribution in [2.24, 2.45) is 7.05 Å². The molecule has 130 valence electrons. The van der Waals surface area contributed by atoms with Crippen LogP contribution in [0.15, 0.2) is 18.3 Å². The quantitative estimate of drug-likeness (QED) is 0.861. The van der Waals surface area contributed by atoms with E-state index in [4.69, 9.17) is 4.74 Å². The molecule has 1 aromatic heterocycles. The number of aromatic nitrogens is 1. The normalized spacial score (nSPS) is 14.8. The number of hydrogen-bond donors (Lipinski definition) is 1. The number of alkyl carbamates (subject to hydrolysis) is 1. The van der Waals surface area contributed by atoms with Crippen LogP contribution in [0.5, 0.6) is 0 Å². The van der Waals surface area contributed by atoms with Crippen LogP contribution in [0.2, 0.25) is 0 Å². The molecule has 1 amide bonds. The third-order valence-corrected chi connectivity index (χ3v) is 2.93. The number of carbonyl (C=O) groups excluding carboxylic acids is 2. The first-order valence-corrected chi connectivity index (χ1v) is 6.63. The molecule has 1 N–H and O–H groups in total. The van der Waals surface area contributed by atoms with E-state index >= 15 is 0 Å². The first kappa shape index (κ1) is 18.9. The Morgan fingerprint density at radius 2 is 1.78 bits per heavy atom. The van der Waals surface area contributed by atoms with Crippen LogP contribution in [0.25, 0.3) is 0 Å². The average Bonchev–Trinajstić information content (AvgIpc) is 2.77.